The normalized spacial score (nSPS) is 22.3. The molecule has 1 aliphatic rings. The van der Waals surface area contributed by atoms with Crippen molar-refractivity contribution in [2.45, 2.75) is 71.3 Å². The Morgan fingerprint density at radius 3 is 2.36 bits per heavy atom. The second kappa shape index (κ2) is 9.84. The first-order chi connectivity index (χ1) is 10.8. The fraction of sp³-hybridized carbons (Fsp3) is 0.619. The third kappa shape index (κ3) is 5.61. The lowest BCUT2D eigenvalue weighted by Gasteiger charge is -2.28. The van der Waals surface area contributed by atoms with Gasteiger partial charge in [0.25, 0.3) is 0 Å². The van der Waals surface area contributed by atoms with Crippen LogP contribution in [0.1, 0.15) is 75.8 Å². The monoisotopic (exact) mass is 300 g/mol. The molecule has 0 amide bonds. The van der Waals surface area contributed by atoms with Gasteiger partial charge < -0.3 is 4.74 Å². The zero-order valence-electron chi connectivity index (χ0n) is 14.4. The molecule has 0 bridgehead atoms. The van der Waals surface area contributed by atoms with Crippen molar-refractivity contribution in [3.63, 3.8) is 0 Å². The van der Waals surface area contributed by atoms with E-state index in [1.54, 1.807) is 0 Å². The predicted molar refractivity (Wildman–Crippen MR) is 95.1 cm³/mol. The minimum Gasteiger partial charge on any atom is -0.377 e. The molecule has 0 saturated heterocycles. The minimum atomic E-state index is 0.755. The van der Waals surface area contributed by atoms with Crippen molar-refractivity contribution in [1.29, 1.82) is 0 Å². The van der Waals surface area contributed by atoms with Gasteiger partial charge in [-0.15, -0.1) is 0 Å². The molecular weight excluding hydrogens is 268 g/mol. The molecule has 0 aliphatic heterocycles. The Labute approximate surface area is 136 Å². The Morgan fingerprint density at radius 1 is 1.00 bits per heavy atom. The Hall–Kier alpha value is -1.08. The molecule has 122 valence electrons. The van der Waals surface area contributed by atoms with E-state index >= 15 is 0 Å². The fourth-order valence-corrected chi connectivity index (χ4v) is 3.41. The summed E-state index contributed by atoms with van der Waals surface area (Å²) in [6.45, 7) is 5.98. The van der Waals surface area contributed by atoms with Crippen LogP contribution in [-0.2, 0) is 11.3 Å². The first kappa shape index (κ1) is 17.3. The van der Waals surface area contributed by atoms with Gasteiger partial charge in [-0.25, -0.2) is 0 Å². The Balaban J connectivity index is 1.77. The van der Waals surface area contributed by atoms with E-state index < -0.39 is 0 Å². The number of allylic oxidation sites excluding steroid dienone is 2. The summed E-state index contributed by atoms with van der Waals surface area (Å²) in [6, 6.07) is 9.15. The van der Waals surface area contributed by atoms with Crippen LogP contribution in [-0.4, -0.2) is 6.61 Å². The van der Waals surface area contributed by atoms with Crippen LogP contribution >= 0.6 is 0 Å². The molecule has 22 heavy (non-hydrogen) atoms. The molecule has 1 aromatic rings. The summed E-state index contributed by atoms with van der Waals surface area (Å²) in [5.74, 6) is 1.69. The predicted octanol–water partition coefficient (Wildman–Crippen LogP) is 6.24. The van der Waals surface area contributed by atoms with E-state index in [1.165, 1.54) is 49.7 Å². The van der Waals surface area contributed by atoms with Gasteiger partial charge in [-0.1, -0.05) is 50.3 Å². The molecule has 1 nitrogen and oxygen atoms in total. The zero-order chi connectivity index (χ0) is 15.6. The van der Waals surface area contributed by atoms with E-state index in [9.17, 15) is 0 Å². The molecule has 1 fully saturated rings. The summed E-state index contributed by atoms with van der Waals surface area (Å²) < 4.78 is 5.61. The van der Waals surface area contributed by atoms with E-state index in [-0.39, 0.29) is 0 Å². The summed E-state index contributed by atoms with van der Waals surface area (Å²) in [4.78, 5) is 0. The molecule has 0 atom stereocenters. The van der Waals surface area contributed by atoms with Crippen LogP contribution in [0.15, 0.2) is 36.4 Å². The highest BCUT2D eigenvalue weighted by molar-refractivity contribution is 5.25. The lowest BCUT2D eigenvalue weighted by molar-refractivity contribution is 0.121. The van der Waals surface area contributed by atoms with Gasteiger partial charge in [-0.3, -0.25) is 0 Å². The first-order valence-corrected chi connectivity index (χ1v) is 9.15. The quantitative estimate of drug-likeness (QED) is 0.407. The van der Waals surface area contributed by atoms with E-state index in [0.29, 0.717) is 0 Å². The van der Waals surface area contributed by atoms with Gasteiger partial charge in [0, 0.05) is 6.61 Å². The maximum Gasteiger partial charge on any atom is 0.0716 e. The summed E-state index contributed by atoms with van der Waals surface area (Å²) in [6.07, 6.45) is 13.7. The van der Waals surface area contributed by atoms with Crippen LogP contribution in [0.3, 0.4) is 0 Å². The van der Waals surface area contributed by atoms with Crippen molar-refractivity contribution in [2.24, 2.45) is 5.92 Å². The molecule has 0 heterocycles. The molecule has 0 N–H and O–H groups in total. The van der Waals surface area contributed by atoms with Crippen molar-refractivity contribution in [2.75, 3.05) is 6.61 Å². The highest BCUT2D eigenvalue weighted by Gasteiger charge is 2.21. The van der Waals surface area contributed by atoms with E-state index in [4.69, 9.17) is 4.74 Å². The third-order valence-electron chi connectivity index (χ3n) is 4.79. The average Bonchev–Trinajstić information content (AvgIpc) is 2.57. The van der Waals surface area contributed by atoms with Crippen LogP contribution < -0.4 is 0 Å². The highest BCUT2D eigenvalue weighted by Crippen LogP contribution is 2.37. The maximum absolute atomic E-state index is 5.61. The maximum atomic E-state index is 5.61. The number of benzene rings is 1. The third-order valence-corrected chi connectivity index (χ3v) is 4.79. The number of hydrogen-bond acceptors (Lipinski definition) is 1. The largest absolute Gasteiger partial charge is 0.377 e. The average molecular weight is 300 g/mol. The smallest absolute Gasteiger partial charge is 0.0716 e. The fourth-order valence-electron chi connectivity index (χ4n) is 3.41. The Morgan fingerprint density at radius 2 is 1.73 bits per heavy atom. The van der Waals surface area contributed by atoms with Crippen molar-refractivity contribution in [1.82, 2.24) is 0 Å². The van der Waals surface area contributed by atoms with Gasteiger partial charge in [0.2, 0.25) is 0 Å². The highest BCUT2D eigenvalue weighted by atomic mass is 16.5. The van der Waals surface area contributed by atoms with Gasteiger partial charge in [-0.05, 0) is 67.9 Å². The summed E-state index contributed by atoms with van der Waals surface area (Å²) in [5.41, 5.74) is 2.83. The summed E-state index contributed by atoms with van der Waals surface area (Å²) in [7, 11) is 0. The minimum absolute atomic E-state index is 0.755. The number of ether oxygens (including phenoxy) is 1. The van der Waals surface area contributed by atoms with Gasteiger partial charge in [0.15, 0.2) is 0 Å². The Kier molecular flexibility index (Phi) is 7.73. The van der Waals surface area contributed by atoms with Crippen molar-refractivity contribution >= 4 is 0 Å². The number of hydrogen-bond donors (Lipinski definition) is 0. The second-order valence-electron chi connectivity index (χ2n) is 6.63. The van der Waals surface area contributed by atoms with Gasteiger partial charge >= 0.3 is 0 Å². The molecular formula is C21H32O. The van der Waals surface area contributed by atoms with Crippen LogP contribution in [0.2, 0.25) is 0 Å². The Bertz CT molecular complexity index is 424. The molecule has 0 spiro atoms. The molecule has 2 rings (SSSR count). The standard InChI is InChI=1S/C21H32O/c1-3-5-6-7-18-8-12-20(13-9-18)21-14-10-19(11-15-21)17-22-16-4-2/h5-6,10-11,14-15,18,20H,3-4,7-9,12-13,16-17H2,1-2H3/t18-,20-. The second-order valence-corrected chi connectivity index (χ2v) is 6.63. The molecule has 1 aromatic carbocycles. The molecule has 0 unspecified atom stereocenters. The molecule has 0 radical (unpaired) electrons. The van der Waals surface area contributed by atoms with Gasteiger partial charge in [-0.2, -0.15) is 0 Å². The molecule has 1 saturated carbocycles. The van der Waals surface area contributed by atoms with E-state index in [0.717, 1.165) is 31.5 Å². The van der Waals surface area contributed by atoms with Gasteiger partial charge in [0.1, 0.15) is 0 Å². The lowest BCUT2D eigenvalue weighted by atomic mass is 9.77. The molecule has 0 aromatic heterocycles. The molecule has 1 heteroatoms. The summed E-state index contributed by atoms with van der Waals surface area (Å²) in [5, 5.41) is 0. The SMILES string of the molecule is CCC=CC[C@H]1CC[C@H](c2ccc(COCCC)cc2)CC1. The summed E-state index contributed by atoms with van der Waals surface area (Å²) >= 11 is 0. The van der Waals surface area contributed by atoms with Crippen LogP contribution in [0.4, 0.5) is 0 Å². The van der Waals surface area contributed by atoms with Crippen LogP contribution in [0, 0.1) is 5.92 Å². The van der Waals surface area contributed by atoms with E-state index in [2.05, 4.69) is 50.3 Å². The van der Waals surface area contributed by atoms with Crippen LogP contribution in [0.5, 0.6) is 0 Å². The van der Waals surface area contributed by atoms with Crippen molar-refractivity contribution in [3.05, 3.63) is 47.5 Å². The topological polar surface area (TPSA) is 9.23 Å². The van der Waals surface area contributed by atoms with E-state index in [1.807, 2.05) is 0 Å². The lowest BCUT2D eigenvalue weighted by Crippen LogP contribution is -2.12. The van der Waals surface area contributed by atoms with Crippen molar-refractivity contribution < 1.29 is 4.74 Å². The molecule has 1 aliphatic carbocycles. The number of rotatable bonds is 8. The van der Waals surface area contributed by atoms with Crippen molar-refractivity contribution in [3.8, 4) is 0 Å². The first-order valence-electron chi connectivity index (χ1n) is 9.15. The van der Waals surface area contributed by atoms with Gasteiger partial charge in [0.05, 0.1) is 6.61 Å². The van der Waals surface area contributed by atoms with Crippen LogP contribution in [0.25, 0.3) is 0 Å². The zero-order valence-corrected chi connectivity index (χ0v) is 14.4.